The molecule has 2 aliphatic rings. The summed E-state index contributed by atoms with van der Waals surface area (Å²) in [5, 5.41) is 13.4. The van der Waals surface area contributed by atoms with Crippen molar-refractivity contribution in [2.75, 3.05) is 49.6 Å². The first-order valence-electron chi connectivity index (χ1n) is 12.1. The Labute approximate surface area is 203 Å². The molecule has 35 heavy (non-hydrogen) atoms. The largest absolute Gasteiger partial charge is 0.391 e. The number of ether oxygens (including phenoxy) is 1. The number of nitrogens with one attached hydrogen (secondary N) is 1. The summed E-state index contributed by atoms with van der Waals surface area (Å²) in [7, 11) is 0. The Morgan fingerprint density at radius 3 is 2.83 bits per heavy atom. The number of anilines is 2. The number of amides is 1. The van der Waals surface area contributed by atoms with Gasteiger partial charge in [0.05, 0.1) is 42.6 Å². The first-order valence-corrected chi connectivity index (χ1v) is 12.1. The second-order valence-electron chi connectivity index (χ2n) is 9.18. The SMILES string of the molecule is CC(Nc1cccc(F)c1)c1cc(C(=O)N2CCCC(O)C2)cc2ncc(N3CCOCC3)nc12. The highest BCUT2D eigenvalue weighted by molar-refractivity contribution is 5.98. The van der Waals surface area contributed by atoms with E-state index in [1.165, 1.54) is 12.1 Å². The zero-order chi connectivity index (χ0) is 24.4. The van der Waals surface area contributed by atoms with Crippen LogP contribution in [0.4, 0.5) is 15.9 Å². The number of carbonyl (C=O) groups excluding carboxylic acids is 1. The number of benzene rings is 2. The summed E-state index contributed by atoms with van der Waals surface area (Å²) in [4.78, 5) is 26.8. The van der Waals surface area contributed by atoms with Crippen LogP contribution in [0.15, 0.2) is 42.6 Å². The zero-order valence-corrected chi connectivity index (χ0v) is 19.8. The van der Waals surface area contributed by atoms with Crippen LogP contribution in [0.1, 0.15) is 41.7 Å². The van der Waals surface area contributed by atoms with E-state index >= 15 is 0 Å². The molecule has 2 atom stereocenters. The molecule has 0 spiro atoms. The number of β-amino-alcohol motifs (C(OH)–C–C–N with tert-alkyl or cyclic N) is 1. The average Bonchev–Trinajstić information content (AvgIpc) is 2.88. The highest BCUT2D eigenvalue weighted by Gasteiger charge is 2.25. The zero-order valence-electron chi connectivity index (χ0n) is 19.8. The summed E-state index contributed by atoms with van der Waals surface area (Å²) in [6, 6.07) is 9.64. The minimum Gasteiger partial charge on any atom is -0.391 e. The summed E-state index contributed by atoms with van der Waals surface area (Å²) in [6.07, 6.45) is 2.71. The van der Waals surface area contributed by atoms with E-state index in [1.54, 1.807) is 29.3 Å². The van der Waals surface area contributed by atoms with Gasteiger partial charge in [0.25, 0.3) is 5.91 Å². The standard InChI is InChI=1S/C26H30FN5O3/c1-17(29-20-5-2-4-19(27)14-20)22-12-18(26(34)32-7-3-6-21(33)16-32)13-23-25(22)30-24(15-28-23)31-8-10-35-11-9-31/h2,4-5,12-15,17,21,29,33H,3,6-11,16H2,1H3. The average molecular weight is 480 g/mol. The van der Waals surface area contributed by atoms with Crippen molar-refractivity contribution in [1.82, 2.24) is 14.9 Å². The fraction of sp³-hybridized carbons (Fsp3) is 0.423. The molecule has 2 aromatic carbocycles. The van der Waals surface area contributed by atoms with E-state index in [1.807, 2.05) is 13.0 Å². The van der Waals surface area contributed by atoms with Crippen molar-refractivity contribution in [2.45, 2.75) is 31.9 Å². The molecule has 2 N–H and O–H groups in total. The van der Waals surface area contributed by atoms with E-state index in [9.17, 15) is 14.3 Å². The molecular formula is C26H30FN5O3. The molecule has 0 aliphatic carbocycles. The van der Waals surface area contributed by atoms with E-state index in [0.29, 0.717) is 55.0 Å². The van der Waals surface area contributed by atoms with Crippen LogP contribution in [-0.2, 0) is 4.74 Å². The van der Waals surface area contributed by atoms with E-state index in [2.05, 4.69) is 15.2 Å². The second-order valence-corrected chi connectivity index (χ2v) is 9.18. The molecule has 5 rings (SSSR count). The number of hydrogen-bond donors (Lipinski definition) is 2. The van der Waals surface area contributed by atoms with Gasteiger partial charge in [-0.3, -0.25) is 9.78 Å². The molecule has 2 aliphatic heterocycles. The van der Waals surface area contributed by atoms with Gasteiger partial charge >= 0.3 is 0 Å². The van der Waals surface area contributed by atoms with E-state index in [-0.39, 0.29) is 17.8 Å². The third kappa shape index (κ3) is 5.21. The molecule has 8 nitrogen and oxygen atoms in total. The van der Waals surface area contributed by atoms with Crippen LogP contribution in [0.5, 0.6) is 0 Å². The molecule has 2 fully saturated rings. The maximum Gasteiger partial charge on any atom is 0.254 e. The Morgan fingerprint density at radius 2 is 2.06 bits per heavy atom. The fourth-order valence-electron chi connectivity index (χ4n) is 4.76. The summed E-state index contributed by atoms with van der Waals surface area (Å²) in [6.45, 7) is 5.65. The summed E-state index contributed by atoms with van der Waals surface area (Å²) >= 11 is 0. The van der Waals surface area contributed by atoms with Gasteiger partial charge in [-0.25, -0.2) is 9.37 Å². The Bertz CT molecular complexity index is 1220. The van der Waals surface area contributed by atoms with Gasteiger partial charge in [0.15, 0.2) is 0 Å². The third-order valence-electron chi connectivity index (χ3n) is 6.60. The molecule has 1 aromatic heterocycles. The topological polar surface area (TPSA) is 90.8 Å². The Morgan fingerprint density at radius 1 is 1.23 bits per heavy atom. The molecule has 184 valence electrons. The van der Waals surface area contributed by atoms with Crippen molar-refractivity contribution in [2.24, 2.45) is 0 Å². The maximum atomic E-state index is 13.8. The number of piperidine rings is 1. The number of fused-ring (bicyclic) bond motifs is 1. The number of aromatic nitrogens is 2. The lowest BCUT2D eigenvalue weighted by molar-refractivity contribution is 0.0474. The van der Waals surface area contributed by atoms with Crippen molar-refractivity contribution < 1.29 is 19.0 Å². The molecule has 0 bridgehead atoms. The number of hydrogen-bond acceptors (Lipinski definition) is 7. The molecule has 2 unspecified atom stereocenters. The van der Waals surface area contributed by atoms with Gasteiger partial charge in [-0.05, 0) is 50.1 Å². The molecular weight excluding hydrogens is 449 g/mol. The Kier molecular flexibility index (Phi) is 6.79. The van der Waals surface area contributed by atoms with Crippen LogP contribution in [0.25, 0.3) is 11.0 Å². The van der Waals surface area contributed by atoms with Crippen molar-refractivity contribution in [3.63, 3.8) is 0 Å². The van der Waals surface area contributed by atoms with Gasteiger partial charge < -0.3 is 25.0 Å². The van der Waals surface area contributed by atoms with Gasteiger partial charge in [-0.2, -0.15) is 0 Å². The van der Waals surface area contributed by atoms with Crippen LogP contribution in [0.2, 0.25) is 0 Å². The van der Waals surface area contributed by atoms with Gasteiger partial charge in [0.1, 0.15) is 11.6 Å². The minimum absolute atomic E-state index is 0.135. The smallest absolute Gasteiger partial charge is 0.254 e. The summed E-state index contributed by atoms with van der Waals surface area (Å²) in [5.74, 6) is 0.302. The first kappa shape index (κ1) is 23.4. The Hall–Kier alpha value is -3.30. The molecule has 3 heterocycles. The van der Waals surface area contributed by atoms with Crippen LogP contribution < -0.4 is 10.2 Å². The van der Waals surface area contributed by atoms with Crippen LogP contribution in [0, 0.1) is 5.82 Å². The van der Waals surface area contributed by atoms with Crippen molar-refractivity contribution in [3.8, 4) is 0 Å². The number of rotatable bonds is 5. The van der Waals surface area contributed by atoms with Crippen LogP contribution in [-0.4, -0.2) is 71.4 Å². The maximum absolute atomic E-state index is 13.8. The van der Waals surface area contributed by atoms with E-state index in [0.717, 1.165) is 30.9 Å². The number of carbonyl (C=O) groups is 1. The molecule has 9 heteroatoms. The van der Waals surface area contributed by atoms with Gasteiger partial charge in [-0.15, -0.1) is 0 Å². The Balaban J connectivity index is 1.54. The lowest BCUT2D eigenvalue weighted by atomic mass is 10.00. The van der Waals surface area contributed by atoms with E-state index in [4.69, 9.17) is 9.72 Å². The lowest BCUT2D eigenvalue weighted by Crippen LogP contribution is -2.42. The first-order chi connectivity index (χ1) is 17.0. The van der Waals surface area contributed by atoms with Crippen LogP contribution in [0.3, 0.4) is 0 Å². The fourth-order valence-corrected chi connectivity index (χ4v) is 4.76. The number of nitrogens with zero attached hydrogens (tertiary/aromatic N) is 4. The second kappa shape index (κ2) is 10.1. The number of likely N-dealkylation sites (tertiary alicyclic amines) is 1. The highest BCUT2D eigenvalue weighted by atomic mass is 19.1. The van der Waals surface area contributed by atoms with Gasteiger partial charge in [0, 0.05) is 43.0 Å². The quantitative estimate of drug-likeness (QED) is 0.580. The monoisotopic (exact) mass is 479 g/mol. The normalized spacial score (nSPS) is 19.6. The predicted octanol–water partition coefficient (Wildman–Crippen LogP) is 3.38. The lowest BCUT2D eigenvalue weighted by Gasteiger charge is -2.30. The van der Waals surface area contributed by atoms with Crippen molar-refractivity contribution in [3.05, 3.63) is 59.5 Å². The van der Waals surface area contributed by atoms with Crippen molar-refractivity contribution >= 4 is 28.4 Å². The number of morpholine rings is 1. The minimum atomic E-state index is -0.503. The number of aliphatic hydroxyl groups excluding tert-OH is 1. The van der Waals surface area contributed by atoms with Crippen LogP contribution >= 0.6 is 0 Å². The predicted molar refractivity (Wildman–Crippen MR) is 132 cm³/mol. The highest BCUT2D eigenvalue weighted by Crippen LogP contribution is 2.29. The molecule has 2 saturated heterocycles. The molecule has 3 aromatic rings. The van der Waals surface area contributed by atoms with Gasteiger partial charge in [0.2, 0.25) is 0 Å². The molecule has 1 amide bonds. The number of halogens is 1. The summed E-state index contributed by atoms with van der Waals surface area (Å²) in [5.41, 5.74) is 3.26. The number of aliphatic hydroxyl groups is 1. The summed E-state index contributed by atoms with van der Waals surface area (Å²) < 4.78 is 19.3. The van der Waals surface area contributed by atoms with Gasteiger partial charge in [-0.1, -0.05) is 6.07 Å². The molecule has 0 radical (unpaired) electrons. The van der Waals surface area contributed by atoms with E-state index < -0.39 is 6.10 Å². The third-order valence-corrected chi connectivity index (χ3v) is 6.60. The van der Waals surface area contributed by atoms with Crippen molar-refractivity contribution in [1.29, 1.82) is 0 Å². The molecule has 0 saturated carbocycles.